The second-order valence-electron chi connectivity index (χ2n) is 13.3. The molecule has 48 heavy (non-hydrogen) atoms. The van der Waals surface area contributed by atoms with Crippen LogP contribution in [-0.2, 0) is 19.1 Å². The van der Waals surface area contributed by atoms with Crippen LogP contribution < -0.4 is 20.1 Å². The molecule has 12 heteroatoms. The highest BCUT2D eigenvalue weighted by molar-refractivity contribution is 7.14. The molecule has 0 radical (unpaired) electrons. The van der Waals surface area contributed by atoms with Gasteiger partial charge in [0.05, 0.1) is 36.8 Å². The lowest BCUT2D eigenvalue weighted by Gasteiger charge is -2.26. The minimum Gasteiger partial charge on any atom is -0.497 e. The Hall–Kier alpha value is -4.19. The number of amides is 2. The van der Waals surface area contributed by atoms with E-state index < -0.39 is 29.4 Å². The van der Waals surface area contributed by atoms with Gasteiger partial charge < -0.3 is 29.7 Å². The molecular formula is C36H45N5O6S. The van der Waals surface area contributed by atoms with Gasteiger partial charge in [-0.3, -0.25) is 9.59 Å². The molecule has 11 nitrogen and oxygen atoms in total. The standard InChI is InChI=1S/C36H45N5O6S/c1-6-46-34(44)36-19-22(36)11-9-7-8-10-14-41(4)33(43)27-16-24(15-26(27)32(42)40-36)47-31-18-29(30-20-48-35(39-30)37-21(2)3)38-28-17-23(45-5)12-13-25(28)31/h9,11-13,17-18,20-22,24,26-27H,6-8,10,14-16,19H2,1-5H3,(H,37,39)(H,40,42)/b11-9+. The number of benzene rings is 1. The second-order valence-corrected chi connectivity index (χ2v) is 14.2. The maximum absolute atomic E-state index is 14.1. The molecule has 3 aromatic rings. The number of nitrogens with zero attached hydrogens (tertiary/aromatic N) is 3. The van der Waals surface area contributed by atoms with Gasteiger partial charge in [0.25, 0.3) is 0 Å². The van der Waals surface area contributed by atoms with Gasteiger partial charge in [-0.25, -0.2) is 14.8 Å². The first-order valence-electron chi connectivity index (χ1n) is 16.9. The van der Waals surface area contributed by atoms with Crippen molar-refractivity contribution in [3.63, 3.8) is 0 Å². The van der Waals surface area contributed by atoms with Crippen molar-refractivity contribution in [2.24, 2.45) is 17.8 Å². The third-order valence-corrected chi connectivity index (χ3v) is 10.3. The first-order valence-corrected chi connectivity index (χ1v) is 17.8. The third-order valence-electron chi connectivity index (χ3n) is 9.48. The summed E-state index contributed by atoms with van der Waals surface area (Å²) in [5.74, 6) is -0.949. The molecule has 2 fully saturated rings. The molecule has 5 atom stereocenters. The maximum atomic E-state index is 14.1. The summed E-state index contributed by atoms with van der Waals surface area (Å²) < 4.78 is 17.6. The Morgan fingerprint density at radius 3 is 2.73 bits per heavy atom. The number of esters is 1. The zero-order valence-electron chi connectivity index (χ0n) is 28.3. The number of methoxy groups -OCH3 is 1. The van der Waals surface area contributed by atoms with Gasteiger partial charge in [0.1, 0.15) is 28.8 Å². The van der Waals surface area contributed by atoms with Crippen LogP contribution in [0, 0.1) is 17.8 Å². The molecule has 0 bridgehead atoms. The Morgan fingerprint density at radius 2 is 1.96 bits per heavy atom. The van der Waals surface area contributed by atoms with E-state index in [9.17, 15) is 14.4 Å². The van der Waals surface area contributed by atoms with E-state index >= 15 is 0 Å². The van der Waals surface area contributed by atoms with Gasteiger partial charge in [-0.15, -0.1) is 11.3 Å². The molecule has 2 N–H and O–H groups in total. The summed E-state index contributed by atoms with van der Waals surface area (Å²) in [6.07, 6.45) is 7.47. The van der Waals surface area contributed by atoms with Crippen LogP contribution in [0.4, 0.5) is 5.13 Å². The number of thiazole rings is 1. The number of pyridine rings is 1. The van der Waals surface area contributed by atoms with Gasteiger partial charge in [-0.05, 0) is 71.4 Å². The smallest absolute Gasteiger partial charge is 0.332 e. The van der Waals surface area contributed by atoms with E-state index in [0.29, 0.717) is 54.2 Å². The van der Waals surface area contributed by atoms with Crippen LogP contribution in [0.25, 0.3) is 22.3 Å². The van der Waals surface area contributed by atoms with Crippen molar-refractivity contribution < 1.29 is 28.6 Å². The van der Waals surface area contributed by atoms with Gasteiger partial charge in [0, 0.05) is 48.5 Å². The van der Waals surface area contributed by atoms with Gasteiger partial charge in [0.15, 0.2) is 5.13 Å². The minimum atomic E-state index is -1.10. The van der Waals surface area contributed by atoms with Crippen LogP contribution in [0.5, 0.6) is 11.5 Å². The van der Waals surface area contributed by atoms with Crippen molar-refractivity contribution in [1.82, 2.24) is 20.2 Å². The Kier molecular flexibility index (Phi) is 9.91. The molecule has 0 spiro atoms. The first-order chi connectivity index (χ1) is 23.1. The van der Waals surface area contributed by atoms with Gasteiger partial charge >= 0.3 is 5.97 Å². The molecule has 1 aromatic carbocycles. The van der Waals surface area contributed by atoms with Crippen LogP contribution in [0.15, 0.2) is 41.8 Å². The lowest BCUT2D eigenvalue weighted by molar-refractivity contribution is -0.150. The van der Waals surface area contributed by atoms with E-state index in [4.69, 9.17) is 24.2 Å². The molecule has 2 aromatic heterocycles. The number of aromatic nitrogens is 2. The van der Waals surface area contributed by atoms with E-state index in [2.05, 4.69) is 30.6 Å². The molecular weight excluding hydrogens is 630 g/mol. The number of hydrogen-bond donors (Lipinski definition) is 2. The lowest BCUT2D eigenvalue weighted by atomic mass is 9.93. The van der Waals surface area contributed by atoms with Crippen molar-refractivity contribution in [2.75, 3.05) is 32.6 Å². The highest BCUT2D eigenvalue weighted by atomic mass is 32.1. The van der Waals surface area contributed by atoms with E-state index in [1.807, 2.05) is 35.7 Å². The minimum absolute atomic E-state index is 0.0796. The van der Waals surface area contributed by atoms with E-state index in [0.717, 1.165) is 29.8 Å². The summed E-state index contributed by atoms with van der Waals surface area (Å²) in [6.45, 7) is 6.72. The molecule has 5 unspecified atom stereocenters. The zero-order chi connectivity index (χ0) is 34.0. The lowest BCUT2D eigenvalue weighted by Crippen LogP contribution is -2.50. The SMILES string of the molecule is CCOC(=O)C12CC1/C=C/CCCCN(C)C(=O)C1CC(Oc3cc(-c4csc(NC(C)C)n4)nc4cc(OC)ccc34)CC1C(=O)N2. The monoisotopic (exact) mass is 675 g/mol. The normalized spacial score (nSPS) is 26.7. The molecule has 1 aliphatic heterocycles. The summed E-state index contributed by atoms with van der Waals surface area (Å²) in [7, 11) is 3.41. The van der Waals surface area contributed by atoms with Crippen LogP contribution in [0.1, 0.15) is 59.3 Å². The van der Waals surface area contributed by atoms with Crippen molar-refractivity contribution in [2.45, 2.75) is 77.0 Å². The topological polar surface area (TPSA) is 132 Å². The van der Waals surface area contributed by atoms with Gasteiger partial charge in [-0.1, -0.05) is 12.2 Å². The Labute approximate surface area is 285 Å². The summed E-state index contributed by atoms with van der Waals surface area (Å²) in [6, 6.07) is 7.75. The predicted octanol–water partition coefficient (Wildman–Crippen LogP) is 5.60. The van der Waals surface area contributed by atoms with Crippen molar-refractivity contribution >= 4 is 45.2 Å². The maximum Gasteiger partial charge on any atom is 0.332 e. The number of ether oxygens (including phenoxy) is 3. The van der Waals surface area contributed by atoms with Crippen molar-refractivity contribution in [1.29, 1.82) is 0 Å². The fraction of sp³-hybridized carbons (Fsp3) is 0.528. The van der Waals surface area contributed by atoms with Gasteiger partial charge in [0.2, 0.25) is 11.8 Å². The Balaban J connectivity index is 1.32. The van der Waals surface area contributed by atoms with E-state index in [1.54, 1.807) is 26.0 Å². The van der Waals surface area contributed by atoms with E-state index in [1.165, 1.54) is 11.3 Å². The summed E-state index contributed by atoms with van der Waals surface area (Å²) >= 11 is 1.51. The highest BCUT2D eigenvalue weighted by Gasteiger charge is 2.62. The second kappa shape index (κ2) is 14.1. The average molecular weight is 676 g/mol. The molecule has 3 aliphatic rings. The predicted molar refractivity (Wildman–Crippen MR) is 185 cm³/mol. The van der Waals surface area contributed by atoms with Crippen LogP contribution >= 0.6 is 11.3 Å². The molecule has 2 saturated carbocycles. The largest absolute Gasteiger partial charge is 0.497 e. The number of carbonyl (C=O) groups is 3. The van der Waals surface area contributed by atoms with Gasteiger partial charge in [-0.2, -0.15) is 0 Å². The third kappa shape index (κ3) is 6.99. The quantitative estimate of drug-likeness (QED) is 0.232. The molecule has 0 saturated heterocycles. The first kappa shape index (κ1) is 33.7. The zero-order valence-corrected chi connectivity index (χ0v) is 29.1. The number of rotatable bonds is 8. The van der Waals surface area contributed by atoms with Crippen LogP contribution in [0.3, 0.4) is 0 Å². The molecule has 6 rings (SSSR count). The summed E-state index contributed by atoms with van der Waals surface area (Å²) in [4.78, 5) is 52.5. The van der Waals surface area contributed by atoms with E-state index in [-0.39, 0.29) is 30.4 Å². The Bertz CT molecular complexity index is 1710. The fourth-order valence-electron chi connectivity index (χ4n) is 6.85. The average Bonchev–Trinajstić information content (AvgIpc) is 3.34. The Morgan fingerprint density at radius 1 is 1.15 bits per heavy atom. The number of anilines is 1. The molecule has 2 aliphatic carbocycles. The summed E-state index contributed by atoms with van der Waals surface area (Å²) in [5, 5.41) is 9.95. The number of allylic oxidation sites excluding steroid dienone is 1. The number of hydrogen-bond acceptors (Lipinski definition) is 10. The number of nitrogens with one attached hydrogen (secondary N) is 2. The molecule has 3 heterocycles. The van der Waals surface area contributed by atoms with Crippen LogP contribution in [0.2, 0.25) is 0 Å². The van der Waals surface area contributed by atoms with Crippen molar-refractivity contribution in [3.8, 4) is 22.9 Å². The number of fused-ring (bicyclic) bond motifs is 3. The fourth-order valence-corrected chi connectivity index (χ4v) is 7.70. The van der Waals surface area contributed by atoms with Crippen LogP contribution in [-0.4, -0.2) is 77.6 Å². The highest BCUT2D eigenvalue weighted by Crippen LogP contribution is 2.47. The van der Waals surface area contributed by atoms with Crippen molar-refractivity contribution in [3.05, 3.63) is 41.8 Å². The summed E-state index contributed by atoms with van der Waals surface area (Å²) in [5.41, 5.74) is 0.944. The molecule has 2 amide bonds. The molecule has 256 valence electrons. The number of carbonyl (C=O) groups excluding carboxylic acids is 3.